The van der Waals surface area contributed by atoms with E-state index in [1.807, 2.05) is 6.92 Å². The normalized spacial score (nSPS) is 17.8. The van der Waals surface area contributed by atoms with Crippen LogP contribution in [0.4, 0.5) is 0 Å². The van der Waals surface area contributed by atoms with Crippen LogP contribution in [0.2, 0.25) is 0 Å². The Bertz CT molecular complexity index is 592. The molecule has 2 heterocycles. The minimum Gasteiger partial charge on any atom is -0.354 e. The molecule has 0 bridgehead atoms. The average Bonchev–Trinajstić information content (AvgIpc) is 3.04. The summed E-state index contributed by atoms with van der Waals surface area (Å²) in [5, 5.41) is 11.6. The Labute approximate surface area is 121 Å². The summed E-state index contributed by atoms with van der Waals surface area (Å²) in [6, 6.07) is 0. The first-order valence-corrected chi connectivity index (χ1v) is 7.61. The van der Waals surface area contributed by atoms with Crippen molar-refractivity contribution in [2.45, 2.75) is 38.6 Å². The Kier molecular flexibility index (Phi) is 3.77. The number of carbonyl (C=O) groups is 1. The molecule has 0 radical (unpaired) electrons. The second-order valence-corrected chi connectivity index (χ2v) is 6.32. The van der Waals surface area contributed by atoms with E-state index in [0.29, 0.717) is 12.5 Å². The maximum Gasteiger partial charge on any atom is 0.241 e. The van der Waals surface area contributed by atoms with Crippen molar-refractivity contribution < 1.29 is 4.79 Å². The molecular weight excluding hydrogens is 274 g/mol. The molecule has 1 aliphatic carbocycles. The molecule has 0 saturated carbocycles. The summed E-state index contributed by atoms with van der Waals surface area (Å²) in [6.45, 7) is 2.92. The van der Waals surface area contributed by atoms with Crippen LogP contribution in [0.5, 0.6) is 0 Å². The molecule has 6 nitrogen and oxygen atoms in total. The topological polar surface area (TPSA) is 72.7 Å². The Hall–Kier alpha value is -1.76. The van der Waals surface area contributed by atoms with Gasteiger partial charge in [0.2, 0.25) is 5.91 Å². The lowest BCUT2D eigenvalue weighted by atomic mass is 9.91. The molecule has 0 aromatic carbocycles. The number of nitrogens with one attached hydrogen (secondary N) is 1. The first-order valence-electron chi connectivity index (χ1n) is 6.79. The van der Waals surface area contributed by atoms with Crippen molar-refractivity contribution >= 4 is 17.2 Å². The third-order valence-electron chi connectivity index (χ3n) is 3.50. The van der Waals surface area contributed by atoms with Gasteiger partial charge in [-0.1, -0.05) is 5.21 Å². The number of thiazole rings is 1. The Morgan fingerprint density at radius 2 is 2.50 bits per heavy atom. The fraction of sp³-hybridized carbons (Fsp3) is 0.538. The van der Waals surface area contributed by atoms with Gasteiger partial charge in [-0.2, -0.15) is 0 Å². The number of hydrogen-bond donors (Lipinski definition) is 1. The molecule has 7 heteroatoms. The van der Waals surface area contributed by atoms with Crippen molar-refractivity contribution in [3.8, 4) is 0 Å². The number of aryl methyl sites for hydroxylation is 2. The van der Waals surface area contributed by atoms with Gasteiger partial charge in [-0.25, -0.2) is 9.67 Å². The van der Waals surface area contributed by atoms with E-state index in [9.17, 15) is 4.79 Å². The van der Waals surface area contributed by atoms with Gasteiger partial charge in [0.05, 0.1) is 16.9 Å². The molecule has 2 aromatic heterocycles. The van der Waals surface area contributed by atoms with E-state index in [-0.39, 0.29) is 12.5 Å². The minimum absolute atomic E-state index is 0.0328. The van der Waals surface area contributed by atoms with Gasteiger partial charge in [0.15, 0.2) is 0 Å². The lowest BCUT2D eigenvalue weighted by Crippen LogP contribution is -2.32. The van der Waals surface area contributed by atoms with Crippen molar-refractivity contribution in [2.75, 3.05) is 6.54 Å². The zero-order chi connectivity index (χ0) is 13.9. The average molecular weight is 291 g/mol. The van der Waals surface area contributed by atoms with Gasteiger partial charge in [0.25, 0.3) is 0 Å². The van der Waals surface area contributed by atoms with Crippen LogP contribution in [0, 0.1) is 6.92 Å². The third-order valence-corrected chi connectivity index (χ3v) is 4.55. The number of amides is 1. The van der Waals surface area contributed by atoms with Crippen LogP contribution in [0.3, 0.4) is 0 Å². The van der Waals surface area contributed by atoms with E-state index < -0.39 is 0 Å². The summed E-state index contributed by atoms with van der Waals surface area (Å²) >= 11 is 1.79. The van der Waals surface area contributed by atoms with Gasteiger partial charge in [-0.05, 0) is 26.2 Å². The highest BCUT2D eigenvalue weighted by Crippen LogP contribution is 2.34. The summed E-state index contributed by atoms with van der Waals surface area (Å²) in [4.78, 5) is 17.9. The van der Waals surface area contributed by atoms with Gasteiger partial charge in [-0.15, -0.1) is 16.4 Å². The number of nitrogens with zero attached hydrogens (tertiary/aromatic N) is 4. The molecular formula is C13H17N5OS. The quantitative estimate of drug-likeness (QED) is 0.921. The van der Waals surface area contributed by atoms with Gasteiger partial charge < -0.3 is 5.32 Å². The summed E-state index contributed by atoms with van der Waals surface area (Å²) in [5.74, 6) is 0.318. The fourth-order valence-corrected chi connectivity index (χ4v) is 3.65. The largest absolute Gasteiger partial charge is 0.354 e. The zero-order valence-electron chi connectivity index (χ0n) is 11.4. The van der Waals surface area contributed by atoms with E-state index in [1.165, 1.54) is 21.7 Å². The molecule has 1 amide bonds. The Morgan fingerprint density at radius 3 is 3.30 bits per heavy atom. The van der Waals surface area contributed by atoms with Crippen LogP contribution in [-0.4, -0.2) is 32.4 Å². The van der Waals surface area contributed by atoms with E-state index in [4.69, 9.17) is 0 Å². The van der Waals surface area contributed by atoms with E-state index in [0.717, 1.165) is 17.8 Å². The lowest BCUT2D eigenvalue weighted by Gasteiger charge is -2.21. The van der Waals surface area contributed by atoms with Crippen LogP contribution in [0.15, 0.2) is 12.4 Å². The molecule has 1 N–H and O–H groups in total. The van der Waals surface area contributed by atoms with Crippen LogP contribution >= 0.6 is 11.3 Å². The monoisotopic (exact) mass is 291 g/mol. The summed E-state index contributed by atoms with van der Waals surface area (Å²) < 4.78 is 1.52. The van der Waals surface area contributed by atoms with Gasteiger partial charge in [0, 0.05) is 23.5 Å². The van der Waals surface area contributed by atoms with E-state index in [1.54, 1.807) is 23.7 Å². The maximum atomic E-state index is 11.9. The molecule has 0 saturated heterocycles. The van der Waals surface area contributed by atoms with Crippen LogP contribution in [0.25, 0.3) is 0 Å². The number of fused-ring (bicyclic) bond motifs is 1. The third kappa shape index (κ3) is 2.87. The molecule has 0 spiro atoms. The smallest absolute Gasteiger partial charge is 0.241 e. The van der Waals surface area contributed by atoms with Crippen molar-refractivity contribution in [1.29, 1.82) is 0 Å². The molecule has 1 unspecified atom stereocenters. The first-order chi connectivity index (χ1) is 9.72. The van der Waals surface area contributed by atoms with Crippen molar-refractivity contribution in [3.63, 3.8) is 0 Å². The molecule has 1 aliphatic rings. The molecule has 2 aromatic rings. The zero-order valence-corrected chi connectivity index (χ0v) is 12.2. The number of aromatic nitrogens is 4. The summed E-state index contributed by atoms with van der Waals surface area (Å²) in [6.07, 6.45) is 6.66. The van der Waals surface area contributed by atoms with Gasteiger partial charge in [-0.3, -0.25) is 4.79 Å². The molecule has 0 aliphatic heterocycles. The molecule has 3 rings (SSSR count). The summed E-state index contributed by atoms with van der Waals surface area (Å²) in [7, 11) is 0. The number of rotatable bonds is 4. The predicted molar refractivity (Wildman–Crippen MR) is 75.6 cm³/mol. The molecule has 1 atom stereocenters. The highest BCUT2D eigenvalue weighted by molar-refractivity contribution is 7.11. The second-order valence-electron chi connectivity index (χ2n) is 5.04. The predicted octanol–water partition coefficient (Wildman–Crippen LogP) is 1.28. The maximum absolute atomic E-state index is 11.9. The SMILES string of the molecule is Cc1nc2c(s1)CCCC2CNC(=O)Cn1ccnn1. The standard InChI is InChI=1S/C13H17N5OS/c1-9-16-13-10(3-2-4-11(13)20-9)7-14-12(19)8-18-6-5-15-17-18/h5-6,10H,2-4,7-8H2,1H3,(H,14,19). The first kappa shape index (κ1) is 13.2. The molecule has 20 heavy (non-hydrogen) atoms. The minimum atomic E-state index is -0.0328. The lowest BCUT2D eigenvalue weighted by molar-refractivity contribution is -0.121. The van der Waals surface area contributed by atoms with Gasteiger partial charge >= 0.3 is 0 Å². The number of hydrogen-bond acceptors (Lipinski definition) is 5. The van der Waals surface area contributed by atoms with E-state index in [2.05, 4.69) is 20.6 Å². The van der Waals surface area contributed by atoms with Crippen molar-refractivity contribution in [1.82, 2.24) is 25.3 Å². The van der Waals surface area contributed by atoms with E-state index >= 15 is 0 Å². The van der Waals surface area contributed by atoms with Crippen LogP contribution < -0.4 is 5.32 Å². The molecule has 106 valence electrons. The van der Waals surface area contributed by atoms with Crippen molar-refractivity contribution in [3.05, 3.63) is 28.0 Å². The fourth-order valence-electron chi connectivity index (χ4n) is 2.59. The second kappa shape index (κ2) is 5.70. The highest BCUT2D eigenvalue weighted by atomic mass is 32.1. The Balaban J connectivity index is 1.57. The van der Waals surface area contributed by atoms with Crippen LogP contribution in [0.1, 0.15) is 34.3 Å². The summed E-state index contributed by atoms with van der Waals surface area (Å²) in [5.41, 5.74) is 1.19. The van der Waals surface area contributed by atoms with Crippen molar-refractivity contribution in [2.24, 2.45) is 0 Å². The van der Waals surface area contributed by atoms with Gasteiger partial charge in [0.1, 0.15) is 6.54 Å². The molecule has 0 fully saturated rings. The van der Waals surface area contributed by atoms with Crippen LogP contribution in [-0.2, 0) is 17.8 Å². The Morgan fingerprint density at radius 1 is 1.60 bits per heavy atom. The highest BCUT2D eigenvalue weighted by Gasteiger charge is 2.24. The number of carbonyl (C=O) groups excluding carboxylic acids is 1.